The number of hydrogen-bond donors (Lipinski definition) is 3. The van der Waals surface area contributed by atoms with Gasteiger partial charge in [0.1, 0.15) is 0 Å². The maximum atomic E-state index is 12.0. The van der Waals surface area contributed by atoms with E-state index in [0.717, 1.165) is 24.2 Å². The normalized spacial score (nSPS) is 17.3. The molecular weight excluding hydrogens is 302 g/mol. The molecule has 0 saturated carbocycles. The average molecular weight is 333 g/mol. The number of amides is 2. The van der Waals surface area contributed by atoms with Crippen LogP contribution in [0, 0.1) is 6.92 Å². The van der Waals surface area contributed by atoms with Crippen molar-refractivity contribution in [2.45, 2.75) is 51.7 Å². The highest BCUT2D eigenvalue weighted by Gasteiger charge is 2.28. The van der Waals surface area contributed by atoms with E-state index in [2.05, 4.69) is 29.4 Å². The Morgan fingerprint density at radius 1 is 1.21 bits per heavy atom. The molecule has 1 aromatic carbocycles. The zero-order chi connectivity index (χ0) is 17.6. The van der Waals surface area contributed by atoms with Crippen LogP contribution in [0.5, 0.6) is 0 Å². The van der Waals surface area contributed by atoms with Gasteiger partial charge < -0.3 is 15.7 Å². The quantitative estimate of drug-likeness (QED) is 0.750. The molecule has 1 aliphatic rings. The zero-order valence-electron chi connectivity index (χ0n) is 15.1. The van der Waals surface area contributed by atoms with Crippen LogP contribution in [0.15, 0.2) is 24.3 Å². The number of hydrogen-bond acceptors (Lipinski definition) is 3. The van der Waals surface area contributed by atoms with Crippen LogP contribution in [-0.2, 0) is 0 Å². The summed E-state index contributed by atoms with van der Waals surface area (Å²) in [5.74, 6) is 0. The average Bonchev–Trinajstić information content (AvgIpc) is 2.59. The predicted octanol–water partition coefficient (Wildman–Crippen LogP) is 2.59. The van der Waals surface area contributed by atoms with E-state index < -0.39 is 6.10 Å². The summed E-state index contributed by atoms with van der Waals surface area (Å²) in [6.45, 7) is 9.30. The second-order valence-corrected chi connectivity index (χ2v) is 7.30. The number of likely N-dealkylation sites (tertiary alicyclic amines) is 1. The van der Waals surface area contributed by atoms with Gasteiger partial charge in [-0.25, -0.2) is 4.79 Å². The standard InChI is InChI=1S/C19H31N3O2/c1-15-9-5-6-10-16(15)17(23)13-20-18(24)21-14-19(2,3)22-11-7-4-8-12-22/h5-6,9-10,17,23H,4,7-8,11-14H2,1-3H3,(H2,20,21,24). The first-order valence-corrected chi connectivity index (χ1v) is 8.90. The van der Waals surface area contributed by atoms with E-state index in [1.54, 1.807) is 0 Å². The third-order valence-electron chi connectivity index (χ3n) is 4.90. The Kier molecular flexibility index (Phi) is 6.63. The molecule has 1 saturated heterocycles. The number of benzene rings is 1. The van der Waals surface area contributed by atoms with Crippen LogP contribution in [0.2, 0.25) is 0 Å². The lowest BCUT2D eigenvalue weighted by Crippen LogP contribution is -2.54. The lowest BCUT2D eigenvalue weighted by atomic mass is 9.98. The van der Waals surface area contributed by atoms with Crippen LogP contribution in [0.4, 0.5) is 4.79 Å². The van der Waals surface area contributed by atoms with Gasteiger partial charge in [0, 0.05) is 18.6 Å². The molecule has 0 aromatic heterocycles. The van der Waals surface area contributed by atoms with E-state index in [1.165, 1.54) is 19.3 Å². The molecule has 0 spiro atoms. The smallest absolute Gasteiger partial charge is 0.314 e. The van der Waals surface area contributed by atoms with Gasteiger partial charge in [-0.2, -0.15) is 0 Å². The van der Waals surface area contributed by atoms with Crippen molar-refractivity contribution in [2.75, 3.05) is 26.2 Å². The SMILES string of the molecule is Cc1ccccc1C(O)CNC(=O)NCC(C)(C)N1CCCCC1. The molecule has 1 aliphatic heterocycles. The highest BCUT2D eigenvalue weighted by molar-refractivity contribution is 5.73. The number of aryl methyl sites for hydroxylation is 1. The molecular formula is C19H31N3O2. The Balaban J connectivity index is 1.76. The number of urea groups is 1. The van der Waals surface area contributed by atoms with Crippen molar-refractivity contribution < 1.29 is 9.90 Å². The molecule has 1 heterocycles. The Bertz CT molecular complexity index is 539. The van der Waals surface area contributed by atoms with Crippen molar-refractivity contribution in [1.29, 1.82) is 0 Å². The van der Waals surface area contributed by atoms with Gasteiger partial charge in [0.25, 0.3) is 0 Å². The number of aliphatic hydroxyl groups excluding tert-OH is 1. The number of aliphatic hydroxyl groups is 1. The number of carbonyl (C=O) groups excluding carboxylic acids is 1. The number of nitrogens with zero attached hydrogens (tertiary/aromatic N) is 1. The maximum absolute atomic E-state index is 12.0. The van der Waals surface area contributed by atoms with Gasteiger partial charge in [-0.05, 0) is 57.8 Å². The van der Waals surface area contributed by atoms with Crippen LogP contribution >= 0.6 is 0 Å². The number of nitrogens with one attached hydrogen (secondary N) is 2. The second kappa shape index (κ2) is 8.49. The van der Waals surface area contributed by atoms with Crippen LogP contribution in [0.1, 0.15) is 50.3 Å². The number of piperidine rings is 1. The first-order chi connectivity index (χ1) is 11.4. The first kappa shape index (κ1) is 18.7. The molecule has 0 bridgehead atoms. The van der Waals surface area contributed by atoms with E-state index in [9.17, 15) is 9.90 Å². The minimum atomic E-state index is -0.688. The molecule has 24 heavy (non-hydrogen) atoms. The molecule has 2 rings (SSSR count). The van der Waals surface area contributed by atoms with E-state index in [1.807, 2.05) is 31.2 Å². The molecule has 5 nitrogen and oxygen atoms in total. The van der Waals surface area contributed by atoms with Crippen molar-refractivity contribution in [3.8, 4) is 0 Å². The minimum absolute atomic E-state index is 0.0492. The van der Waals surface area contributed by atoms with E-state index in [4.69, 9.17) is 0 Å². The van der Waals surface area contributed by atoms with E-state index in [0.29, 0.717) is 6.54 Å². The van der Waals surface area contributed by atoms with Crippen molar-refractivity contribution in [2.24, 2.45) is 0 Å². The van der Waals surface area contributed by atoms with Crippen LogP contribution in [0.3, 0.4) is 0 Å². The Hall–Kier alpha value is -1.59. The lowest BCUT2D eigenvalue weighted by molar-refractivity contribution is 0.0957. The highest BCUT2D eigenvalue weighted by atomic mass is 16.3. The molecule has 1 atom stereocenters. The molecule has 134 valence electrons. The topological polar surface area (TPSA) is 64.6 Å². The summed E-state index contributed by atoms with van der Waals surface area (Å²) in [4.78, 5) is 14.5. The monoisotopic (exact) mass is 333 g/mol. The number of rotatable bonds is 6. The minimum Gasteiger partial charge on any atom is -0.387 e. The maximum Gasteiger partial charge on any atom is 0.314 e. The summed E-state index contributed by atoms with van der Waals surface area (Å²) >= 11 is 0. The van der Waals surface area contributed by atoms with Gasteiger partial charge >= 0.3 is 6.03 Å². The first-order valence-electron chi connectivity index (χ1n) is 8.90. The molecule has 5 heteroatoms. The fourth-order valence-electron chi connectivity index (χ4n) is 3.23. The van der Waals surface area contributed by atoms with Gasteiger partial charge in [-0.3, -0.25) is 4.90 Å². The second-order valence-electron chi connectivity index (χ2n) is 7.30. The molecule has 0 radical (unpaired) electrons. The number of carbonyl (C=O) groups is 1. The summed E-state index contributed by atoms with van der Waals surface area (Å²) in [5, 5.41) is 15.9. The van der Waals surface area contributed by atoms with Crippen LogP contribution in [0.25, 0.3) is 0 Å². The predicted molar refractivity (Wildman–Crippen MR) is 97.0 cm³/mol. The van der Waals surface area contributed by atoms with Gasteiger partial charge in [0.15, 0.2) is 0 Å². The fourth-order valence-corrected chi connectivity index (χ4v) is 3.23. The Morgan fingerprint density at radius 3 is 2.54 bits per heavy atom. The Labute approximate surface area is 145 Å². The van der Waals surface area contributed by atoms with Crippen LogP contribution in [-0.4, -0.2) is 47.8 Å². The summed E-state index contributed by atoms with van der Waals surface area (Å²) in [7, 11) is 0. The van der Waals surface area contributed by atoms with Gasteiger partial charge in [0.2, 0.25) is 0 Å². The molecule has 2 amide bonds. The summed E-state index contributed by atoms with van der Waals surface area (Å²) in [5.41, 5.74) is 1.83. The summed E-state index contributed by atoms with van der Waals surface area (Å²) in [6, 6.07) is 7.45. The zero-order valence-corrected chi connectivity index (χ0v) is 15.1. The fraction of sp³-hybridized carbons (Fsp3) is 0.632. The largest absolute Gasteiger partial charge is 0.387 e. The van der Waals surface area contributed by atoms with Gasteiger partial charge in [-0.1, -0.05) is 30.7 Å². The molecule has 1 unspecified atom stereocenters. The van der Waals surface area contributed by atoms with Crippen molar-refractivity contribution in [3.63, 3.8) is 0 Å². The third kappa shape index (κ3) is 5.21. The molecule has 1 fully saturated rings. The van der Waals surface area contributed by atoms with Crippen LogP contribution < -0.4 is 10.6 Å². The van der Waals surface area contributed by atoms with Gasteiger partial charge in [-0.15, -0.1) is 0 Å². The van der Waals surface area contributed by atoms with Crippen molar-refractivity contribution >= 4 is 6.03 Å². The van der Waals surface area contributed by atoms with E-state index >= 15 is 0 Å². The molecule has 3 N–H and O–H groups in total. The summed E-state index contributed by atoms with van der Waals surface area (Å²) < 4.78 is 0. The van der Waals surface area contributed by atoms with Crippen molar-refractivity contribution in [1.82, 2.24) is 15.5 Å². The molecule has 0 aliphatic carbocycles. The van der Waals surface area contributed by atoms with Gasteiger partial charge in [0.05, 0.1) is 6.10 Å². The Morgan fingerprint density at radius 2 is 1.88 bits per heavy atom. The van der Waals surface area contributed by atoms with Crippen molar-refractivity contribution in [3.05, 3.63) is 35.4 Å². The third-order valence-corrected chi connectivity index (χ3v) is 4.90. The summed E-state index contributed by atoms with van der Waals surface area (Å²) in [6.07, 6.45) is 3.08. The molecule has 1 aromatic rings. The lowest BCUT2D eigenvalue weighted by Gasteiger charge is -2.41. The highest BCUT2D eigenvalue weighted by Crippen LogP contribution is 2.20. The van der Waals surface area contributed by atoms with E-state index in [-0.39, 0.29) is 18.1 Å².